The number of aromatic nitrogens is 6. The Balaban J connectivity index is 1.33. The Labute approximate surface area is 193 Å². The normalized spacial score (nSPS) is 13.0. The van der Waals surface area contributed by atoms with Gasteiger partial charge in [-0.2, -0.15) is 5.10 Å². The summed E-state index contributed by atoms with van der Waals surface area (Å²) in [6.07, 6.45) is 3.88. The van der Waals surface area contributed by atoms with Crippen LogP contribution in [0.5, 0.6) is 5.75 Å². The largest absolute Gasteiger partial charge is 0.493 e. The van der Waals surface area contributed by atoms with Crippen LogP contribution < -0.4 is 4.74 Å². The van der Waals surface area contributed by atoms with Crippen molar-refractivity contribution in [3.8, 4) is 5.75 Å². The van der Waals surface area contributed by atoms with Crippen LogP contribution in [0.15, 0.2) is 30.9 Å². The van der Waals surface area contributed by atoms with Gasteiger partial charge < -0.3 is 14.2 Å². The molecule has 1 aliphatic heterocycles. The summed E-state index contributed by atoms with van der Waals surface area (Å²) in [6.45, 7) is 5.40. The zero-order valence-corrected chi connectivity index (χ0v) is 18.9. The maximum Gasteiger partial charge on any atom is 0.258 e. The van der Waals surface area contributed by atoms with Gasteiger partial charge in [0.15, 0.2) is 5.65 Å². The van der Waals surface area contributed by atoms with E-state index in [1.54, 1.807) is 22.1 Å². The quantitative estimate of drug-likeness (QED) is 0.402. The van der Waals surface area contributed by atoms with E-state index in [1.807, 2.05) is 18.4 Å². The van der Waals surface area contributed by atoms with E-state index >= 15 is 0 Å². The Morgan fingerprint density at radius 3 is 2.79 bits per heavy atom. The molecule has 33 heavy (non-hydrogen) atoms. The number of aryl methyl sites for hydroxylation is 3. The van der Waals surface area contributed by atoms with E-state index in [9.17, 15) is 9.18 Å². The average Bonchev–Trinajstić information content (AvgIpc) is 3.52. The van der Waals surface area contributed by atoms with Crippen LogP contribution in [0.3, 0.4) is 0 Å². The lowest BCUT2D eigenvalue weighted by atomic mass is 10.1. The summed E-state index contributed by atoms with van der Waals surface area (Å²) in [5.74, 6) is -0.490. The highest BCUT2D eigenvalue weighted by Crippen LogP contribution is 2.31. The molecule has 1 amide bonds. The summed E-state index contributed by atoms with van der Waals surface area (Å²) >= 11 is 6.31. The van der Waals surface area contributed by atoms with Crippen LogP contribution in [0.1, 0.15) is 39.4 Å². The Kier molecular flexibility index (Phi) is 5.45. The molecule has 9 nitrogen and oxygen atoms in total. The molecule has 3 aromatic heterocycles. The molecule has 1 aliphatic rings. The highest BCUT2D eigenvalue weighted by Gasteiger charge is 2.31. The molecule has 0 bridgehead atoms. The number of fused-ring (bicyclic) bond motifs is 3. The third-order valence-electron chi connectivity index (χ3n) is 5.70. The molecular formula is C22H21ClFN7O2. The number of carbonyl (C=O) groups excluding carboxylic acids is 1. The van der Waals surface area contributed by atoms with Crippen LogP contribution in [-0.2, 0) is 19.6 Å². The second kappa shape index (κ2) is 8.43. The van der Waals surface area contributed by atoms with Crippen LogP contribution in [0, 0.1) is 19.7 Å². The van der Waals surface area contributed by atoms with Crippen molar-refractivity contribution in [2.24, 2.45) is 0 Å². The fourth-order valence-corrected chi connectivity index (χ4v) is 4.11. The van der Waals surface area contributed by atoms with Crippen molar-refractivity contribution in [3.63, 3.8) is 0 Å². The number of carbonyl (C=O) groups is 1. The fourth-order valence-electron chi connectivity index (χ4n) is 3.99. The molecule has 0 saturated heterocycles. The van der Waals surface area contributed by atoms with Gasteiger partial charge in [-0.15, -0.1) is 10.2 Å². The molecule has 0 fully saturated rings. The zero-order chi connectivity index (χ0) is 23.1. The van der Waals surface area contributed by atoms with Crippen molar-refractivity contribution in [1.29, 1.82) is 0 Å². The number of nitrogens with zero attached hydrogens (tertiary/aromatic N) is 7. The molecule has 0 spiro atoms. The average molecular weight is 470 g/mol. The third kappa shape index (κ3) is 3.91. The molecular weight excluding hydrogens is 449 g/mol. The van der Waals surface area contributed by atoms with Gasteiger partial charge in [0.1, 0.15) is 24.2 Å². The smallest absolute Gasteiger partial charge is 0.258 e. The number of hydrogen-bond donors (Lipinski definition) is 0. The monoisotopic (exact) mass is 469 g/mol. The lowest BCUT2D eigenvalue weighted by Crippen LogP contribution is -2.26. The summed E-state index contributed by atoms with van der Waals surface area (Å²) < 4.78 is 23.2. The summed E-state index contributed by atoms with van der Waals surface area (Å²) in [5, 5.41) is 12.7. The number of benzene rings is 1. The van der Waals surface area contributed by atoms with Gasteiger partial charge in [-0.3, -0.25) is 4.79 Å². The Morgan fingerprint density at radius 2 is 2.00 bits per heavy atom. The molecule has 0 saturated carbocycles. The first-order valence-corrected chi connectivity index (χ1v) is 10.9. The minimum atomic E-state index is -0.463. The van der Waals surface area contributed by atoms with Gasteiger partial charge in [0.2, 0.25) is 0 Å². The number of hydrogen-bond acceptors (Lipinski definition) is 6. The minimum absolute atomic E-state index is 0.221. The number of halogens is 2. The van der Waals surface area contributed by atoms with E-state index in [1.165, 1.54) is 18.2 Å². The first-order valence-electron chi connectivity index (χ1n) is 10.5. The van der Waals surface area contributed by atoms with E-state index in [0.29, 0.717) is 48.9 Å². The van der Waals surface area contributed by atoms with Crippen LogP contribution in [0.25, 0.3) is 5.65 Å². The minimum Gasteiger partial charge on any atom is -0.493 e. The Hall–Kier alpha value is -3.53. The number of rotatable bonds is 6. The maximum atomic E-state index is 13.9. The number of ether oxygens (including phenoxy) is 1. The molecule has 1 aromatic carbocycles. The standard InChI is InChI=1S/C22H21ClFN7O2/c1-13-20(23)14(2)31-21(27-13)17-9-30(10-18(17)28-31)22(32)16-5-4-15(24)8-19(16)33-7-3-6-29-11-25-26-12-29/h4-5,8,11-12H,3,6-7,9-10H2,1-2H3. The zero-order valence-electron chi connectivity index (χ0n) is 18.1. The van der Waals surface area contributed by atoms with Crippen LogP contribution in [0.4, 0.5) is 4.39 Å². The van der Waals surface area contributed by atoms with Gasteiger partial charge in [0.05, 0.1) is 47.4 Å². The van der Waals surface area contributed by atoms with Crippen molar-refractivity contribution in [3.05, 3.63) is 69.9 Å². The van der Waals surface area contributed by atoms with E-state index < -0.39 is 5.82 Å². The van der Waals surface area contributed by atoms with E-state index in [2.05, 4.69) is 20.3 Å². The van der Waals surface area contributed by atoms with Crippen LogP contribution in [-0.4, -0.2) is 46.8 Å². The van der Waals surface area contributed by atoms with E-state index in [-0.39, 0.29) is 11.7 Å². The van der Waals surface area contributed by atoms with Gasteiger partial charge in [0, 0.05) is 18.2 Å². The van der Waals surface area contributed by atoms with Crippen LogP contribution >= 0.6 is 11.6 Å². The highest BCUT2D eigenvalue weighted by atomic mass is 35.5. The summed E-state index contributed by atoms with van der Waals surface area (Å²) in [7, 11) is 0. The second-order valence-electron chi connectivity index (χ2n) is 7.96. The molecule has 11 heteroatoms. The van der Waals surface area contributed by atoms with Crippen molar-refractivity contribution in [2.75, 3.05) is 6.61 Å². The van der Waals surface area contributed by atoms with Gasteiger partial charge in [-0.25, -0.2) is 13.9 Å². The molecule has 5 rings (SSSR count). The second-order valence-corrected chi connectivity index (χ2v) is 8.34. The van der Waals surface area contributed by atoms with Gasteiger partial charge in [-0.1, -0.05) is 11.6 Å². The van der Waals surface area contributed by atoms with Gasteiger partial charge in [0.25, 0.3) is 5.91 Å². The molecule has 0 aliphatic carbocycles. The summed E-state index contributed by atoms with van der Waals surface area (Å²) in [6, 6.07) is 3.97. The van der Waals surface area contributed by atoms with Gasteiger partial charge >= 0.3 is 0 Å². The first kappa shape index (κ1) is 21.3. The van der Waals surface area contributed by atoms with Crippen molar-refractivity contribution >= 4 is 23.2 Å². The van der Waals surface area contributed by atoms with Gasteiger partial charge in [-0.05, 0) is 32.4 Å². The summed E-state index contributed by atoms with van der Waals surface area (Å²) in [4.78, 5) is 19.6. The van der Waals surface area contributed by atoms with Crippen molar-refractivity contribution < 1.29 is 13.9 Å². The van der Waals surface area contributed by atoms with E-state index in [4.69, 9.17) is 16.3 Å². The molecule has 4 heterocycles. The molecule has 0 unspecified atom stereocenters. The lowest BCUT2D eigenvalue weighted by Gasteiger charge is -2.18. The van der Waals surface area contributed by atoms with Crippen LogP contribution in [0.2, 0.25) is 5.02 Å². The summed E-state index contributed by atoms with van der Waals surface area (Å²) in [5.41, 5.74) is 4.21. The number of amides is 1. The SMILES string of the molecule is Cc1nc2c3c(nn2c(C)c1Cl)CN(C(=O)c1ccc(F)cc1OCCCn1cnnc1)C3. The van der Waals surface area contributed by atoms with Crippen molar-refractivity contribution in [2.45, 2.75) is 39.9 Å². The predicted octanol–water partition coefficient (Wildman–Crippen LogP) is 3.36. The maximum absolute atomic E-state index is 13.9. The Bertz CT molecular complexity index is 1350. The van der Waals surface area contributed by atoms with Crippen molar-refractivity contribution in [1.82, 2.24) is 34.3 Å². The van der Waals surface area contributed by atoms with E-state index in [0.717, 1.165) is 22.6 Å². The lowest BCUT2D eigenvalue weighted by molar-refractivity contribution is 0.0745. The molecule has 0 N–H and O–H groups in total. The Morgan fingerprint density at radius 1 is 1.21 bits per heavy atom. The highest BCUT2D eigenvalue weighted by molar-refractivity contribution is 6.31. The molecule has 4 aromatic rings. The molecule has 0 radical (unpaired) electrons. The third-order valence-corrected chi connectivity index (χ3v) is 6.25. The topological polar surface area (TPSA) is 90.4 Å². The molecule has 170 valence electrons. The first-order chi connectivity index (χ1) is 15.9. The molecule has 0 atom stereocenters. The fraction of sp³-hybridized carbons (Fsp3) is 0.318. The predicted molar refractivity (Wildman–Crippen MR) is 118 cm³/mol.